The van der Waals surface area contributed by atoms with Crippen molar-refractivity contribution >= 4 is 5.91 Å². The highest BCUT2D eigenvalue weighted by atomic mass is 19.1. The lowest BCUT2D eigenvalue weighted by atomic mass is 9.76. The number of carbonyl (C=O) groups excluding carboxylic acids is 1. The van der Waals surface area contributed by atoms with Crippen LogP contribution in [0.25, 0.3) is 0 Å². The molecule has 1 aliphatic rings. The summed E-state index contributed by atoms with van der Waals surface area (Å²) in [4.78, 5) is 14.0. The first-order chi connectivity index (χ1) is 9.48. The molecular formula is C16H19FN2O. The van der Waals surface area contributed by atoms with Crippen molar-refractivity contribution in [2.24, 2.45) is 5.92 Å². The van der Waals surface area contributed by atoms with Gasteiger partial charge in [0.05, 0.1) is 6.07 Å². The van der Waals surface area contributed by atoms with E-state index in [4.69, 9.17) is 0 Å². The van der Waals surface area contributed by atoms with Crippen LogP contribution in [-0.2, 0) is 11.2 Å². The topological polar surface area (TPSA) is 44.1 Å². The molecule has 1 aromatic rings. The molecule has 0 aromatic heterocycles. The molecular weight excluding hydrogens is 255 g/mol. The molecule has 0 aliphatic heterocycles. The molecule has 1 amide bonds. The maximum Gasteiger partial charge on any atom is 0.226 e. The van der Waals surface area contributed by atoms with Crippen molar-refractivity contribution in [1.82, 2.24) is 4.90 Å². The Morgan fingerprint density at radius 1 is 1.55 bits per heavy atom. The van der Waals surface area contributed by atoms with Gasteiger partial charge in [0.2, 0.25) is 5.91 Å². The number of hydrogen-bond acceptors (Lipinski definition) is 2. The molecule has 0 spiro atoms. The number of rotatable bonds is 4. The Balaban J connectivity index is 2.04. The fourth-order valence-electron chi connectivity index (χ4n) is 2.68. The van der Waals surface area contributed by atoms with Gasteiger partial charge in [0.15, 0.2) is 0 Å². The van der Waals surface area contributed by atoms with Gasteiger partial charge in [-0.15, -0.1) is 0 Å². The van der Waals surface area contributed by atoms with Crippen molar-refractivity contribution in [3.05, 3.63) is 35.6 Å². The highest BCUT2D eigenvalue weighted by Crippen LogP contribution is 2.37. The second-order valence-electron chi connectivity index (χ2n) is 5.63. The summed E-state index contributed by atoms with van der Waals surface area (Å²) in [7, 11) is 1.70. The second-order valence-corrected chi connectivity index (χ2v) is 5.63. The monoisotopic (exact) mass is 274 g/mol. The molecule has 1 aromatic carbocycles. The Morgan fingerprint density at radius 3 is 2.75 bits per heavy atom. The van der Waals surface area contributed by atoms with Crippen LogP contribution in [0.4, 0.5) is 4.39 Å². The number of nitriles is 1. The van der Waals surface area contributed by atoms with E-state index in [1.807, 2.05) is 13.0 Å². The summed E-state index contributed by atoms with van der Waals surface area (Å²) in [6.45, 7) is 1.83. The van der Waals surface area contributed by atoms with E-state index in [9.17, 15) is 14.4 Å². The highest BCUT2D eigenvalue weighted by molar-refractivity contribution is 5.80. The summed E-state index contributed by atoms with van der Waals surface area (Å²) in [5.74, 6) is -0.592. The van der Waals surface area contributed by atoms with E-state index < -0.39 is 5.54 Å². The molecule has 3 nitrogen and oxygen atoms in total. The summed E-state index contributed by atoms with van der Waals surface area (Å²) in [5.41, 5.74) is 0.187. The third-order valence-electron chi connectivity index (χ3n) is 4.21. The molecule has 1 saturated carbocycles. The van der Waals surface area contributed by atoms with Gasteiger partial charge in [0, 0.05) is 13.0 Å². The van der Waals surface area contributed by atoms with Gasteiger partial charge in [-0.25, -0.2) is 4.39 Å². The average Bonchev–Trinajstić information content (AvgIpc) is 2.37. The van der Waals surface area contributed by atoms with Gasteiger partial charge in [0.25, 0.3) is 0 Å². The molecule has 1 unspecified atom stereocenters. The van der Waals surface area contributed by atoms with Crippen LogP contribution >= 0.6 is 0 Å². The minimum Gasteiger partial charge on any atom is -0.327 e. The quantitative estimate of drug-likeness (QED) is 0.847. The number of benzene rings is 1. The molecule has 0 radical (unpaired) electrons. The lowest BCUT2D eigenvalue weighted by Crippen LogP contribution is -2.54. The minimum absolute atomic E-state index is 0.0458. The van der Waals surface area contributed by atoms with Crippen molar-refractivity contribution in [1.29, 1.82) is 5.26 Å². The van der Waals surface area contributed by atoms with E-state index in [1.54, 1.807) is 18.0 Å². The van der Waals surface area contributed by atoms with E-state index >= 15 is 0 Å². The minimum atomic E-state index is -0.618. The smallest absolute Gasteiger partial charge is 0.226 e. The molecule has 0 N–H and O–H groups in total. The van der Waals surface area contributed by atoms with Crippen molar-refractivity contribution in [3.63, 3.8) is 0 Å². The Hall–Kier alpha value is -1.89. The molecule has 106 valence electrons. The molecule has 0 heterocycles. The van der Waals surface area contributed by atoms with Crippen LogP contribution in [0.2, 0.25) is 0 Å². The van der Waals surface area contributed by atoms with Crippen LogP contribution in [-0.4, -0.2) is 23.4 Å². The van der Waals surface area contributed by atoms with E-state index in [2.05, 4.69) is 6.07 Å². The summed E-state index contributed by atoms with van der Waals surface area (Å²) in [6.07, 6.45) is 2.97. The number of amides is 1. The first-order valence-corrected chi connectivity index (χ1v) is 6.92. The molecule has 0 bridgehead atoms. The summed E-state index contributed by atoms with van der Waals surface area (Å²) in [6, 6.07) is 8.57. The van der Waals surface area contributed by atoms with Crippen LogP contribution < -0.4 is 0 Å². The Labute approximate surface area is 119 Å². The zero-order chi connectivity index (χ0) is 14.8. The van der Waals surface area contributed by atoms with Crippen molar-refractivity contribution in [3.8, 4) is 6.07 Å². The first-order valence-electron chi connectivity index (χ1n) is 6.92. The van der Waals surface area contributed by atoms with Gasteiger partial charge in [0.1, 0.15) is 11.4 Å². The van der Waals surface area contributed by atoms with Gasteiger partial charge < -0.3 is 4.90 Å². The van der Waals surface area contributed by atoms with Crippen LogP contribution in [0, 0.1) is 23.1 Å². The van der Waals surface area contributed by atoms with Crippen LogP contribution in [0.3, 0.4) is 0 Å². The third kappa shape index (κ3) is 2.67. The van der Waals surface area contributed by atoms with Gasteiger partial charge >= 0.3 is 0 Å². The van der Waals surface area contributed by atoms with E-state index in [-0.39, 0.29) is 17.6 Å². The molecule has 1 atom stereocenters. The molecule has 0 saturated heterocycles. The number of halogens is 1. The zero-order valence-corrected chi connectivity index (χ0v) is 11.9. The Morgan fingerprint density at radius 2 is 2.25 bits per heavy atom. The Kier molecular flexibility index (Phi) is 4.08. The summed E-state index contributed by atoms with van der Waals surface area (Å²) < 4.78 is 13.1. The number of carbonyl (C=O) groups is 1. The SMILES string of the molecule is CC(Cc1cccc(F)c1)C(=O)N(C)C1(C#N)CCC1. The van der Waals surface area contributed by atoms with Crippen molar-refractivity contribution < 1.29 is 9.18 Å². The predicted octanol–water partition coefficient (Wildman–Crippen LogP) is 2.91. The number of nitrogens with zero attached hydrogens (tertiary/aromatic N) is 2. The van der Waals surface area contributed by atoms with Gasteiger partial charge in [-0.3, -0.25) is 4.79 Å². The maximum absolute atomic E-state index is 13.1. The second kappa shape index (κ2) is 5.62. The average molecular weight is 274 g/mol. The van der Waals surface area contributed by atoms with E-state index in [0.29, 0.717) is 6.42 Å². The maximum atomic E-state index is 13.1. The normalized spacial score (nSPS) is 17.7. The van der Waals surface area contributed by atoms with Crippen LogP contribution in [0.5, 0.6) is 0 Å². The molecule has 20 heavy (non-hydrogen) atoms. The molecule has 4 heteroatoms. The number of hydrogen-bond donors (Lipinski definition) is 0. The van der Waals surface area contributed by atoms with E-state index in [0.717, 1.165) is 24.8 Å². The summed E-state index contributed by atoms with van der Waals surface area (Å²) >= 11 is 0. The zero-order valence-electron chi connectivity index (χ0n) is 11.9. The fraction of sp³-hybridized carbons (Fsp3) is 0.500. The van der Waals surface area contributed by atoms with Crippen LogP contribution in [0.15, 0.2) is 24.3 Å². The lowest BCUT2D eigenvalue weighted by molar-refractivity contribution is -0.140. The standard InChI is InChI=1S/C16H19FN2O/c1-12(9-13-5-3-6-14(17)10-13)15(20)19(2)16(11-18)7-4-8-16/h3,5-6,10,12H,4,7-9H2,1-2H3. The van der Waals surface area contributed by atoms with Crippen LogP contribution in [0.1, 0.15) is 31.7 Å². The van der Waals surface area contributed by atoms with Gasteiger partial charge in [-0.2, -0.15) is 5.26 Å². The molecule has 1 fully saturated rings. The van der Waals surface area contributed by atoms with E-state index in [1.165, 1.54) is 12.1 Å². The molecule has 2 rings (SSSR count). The lowest BCUT2D eigenvalue weighted by Gasteiger charge is -2.43. The fourth-order valence-corrected chi connectivity index (χ4v) is 2.68. The first kappa shape index (κ1) is 14.5. The van der Waals surface area contributed by atoms with Gasteiger partial charge in [-0.1, -0.05) is 19.1 Å². The summed E-state index contributed by atoms with van der Waals surface area (Å²) in [5, 5.41) is 9.27. The predicted molar refractivity (Wildman–Crippen MR) is 74.2 cm³/mol. The molecule has 1 aliphatic carbocycles. The Bertz CT molecular complexity index is 546. The largest absolute Gasteiger partial charge is 0.327 e. The van der Waals surface area contributed by atoms with Crippen molar-refractivity contribution in [2.45, 2.75) is 38.1 Å². The van der Waals surface area contributed by atoms with Crippen molar-refractivity contribution in [2.75, 3.05) is 7.05 Å². The van der Waals surface area contributed by atoms with Gasteiger partial charge in [-0.05, 0) is 43.4 Å². The highest BCUT2D eigenvalue weighted by Gasteiger charge is 2.44. The third-order valence-corrected chi connectivity index (χ3v) is 4.21.